The molecule has 0 amide bonds. The van der Waals surface area contributed by atoms with Crippen molar-refractivity contribution in [3.8, 4) is 0 Å². The predicted molar refractivity (Wildman–Crippen MR) is 77.9 cm³/mol. The second-order valence-electron chi connectivity index (χ2n) is 5.02. The van der Waals surface area contributed by atoms with Gasteiger partial charge in [0.05, 0.1) is 0 Å². The highest BCUT2D eigenvalue weighted by atomic mass is 16.1. The van der Waals surface area contributed by atoms with E-state index >= 15 is 0 Å². The Bertz CT molecular complexity index is 385. The van der Waals surface area contributed by atoms with Gasteiger partial charge in [0, 0.05) is 17.7 Å². The van der Waals surface area contributed by atoms with E-state index in [-0.39, 0.29) is 5.78 Å². The summed E-state index contributed by atoms with van der Waals surface area (Å²) < 4.78 is 0. The van der Waals surface area contributed by atoms with E-state index in [1.54, 1.807) is 0 Å². The minimum absolute atomic E-state index is 0.253. The number of nitrogen functional groups attached to an aromatic ring is 1. The second kappa shape index (κ2) is 7.91. The Morgan fingerprint density at radius 3 is 2.44 bits per heavy atom. The molecular formula is C16H25NO. The van der Waals surface area contributed by atoms with Crippen LogP contribution in [0.1, 0.15) is 67.8 Å². The fourth-order valence-corrected chi connectivity index (χ4v) is 2.20. The van der Waals surface area contributed by atoms with Crippen LogP contribution in [0.15, 0.2) is 18.2 Å². The highest BCUT2D eigenvalue weighted by Crippen LogP contribution is 2.16. The van der Waals surface area contributed by atoms with Crippen LogP contribution in [0.25, 0.3) is 0 Å². The average molecular weight is 247 g/mol. The third kappa shape index (κ3) is 4.91. The number of aryl methyl sites for hydroxylation is 1. The molecule has 2 heteroatoms. The van der Waals surface area contributed by atoms with Crippen molar-refractivity contribution in [2.45, 2.75) is 58.8 Å². The van der Waals surface area contributed by atoms with E-state index < -0.39 is 0 Å². The van der Waals surface area contributed by atoms with E-state index in [0.29, 0.717) is 6.42 Å². The zero-order chi connectivity index (χ0) is 13.4. The van der Waals surface area contributed by atoms with Gasteiger partial charge in [-0.05, 0) is 37.1 Å². The molecule has 0 saturated heterocycles. The zero-order valence-electron chi connectivity index (χ0n) is 11.7. The highest BCUT2D eigenvalue weighted by Gasteiger charge is 2.08. The van der Waals surface area contributed by atoms with Gasteiger partial charge < -0.3 is 5.73 Å². The van der Waals surface area contributed by atoms with Crippen molar-refractivity contribution in [3.05, 3.63) is 29.3 Å². The Labute approximate surface area is 111 Å². The lowest BCUT2D eigenvalue weighted by Gasteiger charge is -2.06. The molecule has 0 aliphatic rings. The number of carbonyl (C=O) groups is 1. The van der Waals surface area contributed by atoms with E-state index in [2.05, 4.69) is 6.92 Å². The van der Waals surface area contributed by atoms with Crippen LogP contribution in [0.5, 0.6) is 0 Å². The lowest BCUT2D eigenvalue weighted by atomic mass is 9.99. The van der Waals surface area contributed by atoms with Gasteiger partial charge in [0.25, 0.3) is 0 Å². The van der Waals surface area contributed by atoms with Crippen LogP contribution in [0.3, 0.4) is 0 Å². The molecule has 0 radical (unpaired) electrons. The molecule has 1 aromatic rings. The van der Waals surface area contributed by atoms with E-state index in [9.17, 15) is 4.79 Å². The fraction of sp³-hybridized carbons (Fsp3) is 0.562. The van der Waals surface area contributed by atoms with Crippen molar-refractivity contribution >= 4 is 11.5 Å². The molecule has 0 aliphatic heterocycles. The molecule has 0 aromatic heterocycles. The van der Waals surface area contributed by atoms with E-state index in [0.717, 1.165) is 23.2 Å². The number of benzene rings is 1. The van der Waals surface area contributed by atoms with Crippen LogP contribution < -0.4 is 5.73 Å². The van der Waals surface area contributed by atoms with Crippen LogP contribution >= 0.6 is 0 Å². The van der Waals surface area contributed by atoms with Crippen LogP contribution in [0.2, 0.25) is 0 Å². The topological polar surface area (TPSA) is 43.1 Å². The van der Waals surface area contributed by atoms with Crippen molar-refractivity contribution < 1.29 is 4.79 Å². The van der Waals surface area contributed by atoms with Crippen molar-refractivity contribution in [1.29, 1.82) is 0 Å². The molecule has 0 atom stereocenters. The Hall–Kier alpha value is -1.31. The first-order valence-electron chi connectivity index (χ1n) is 7.04. The van der Waals surface area contributed by atoms with Crippen LogP contribution in [0.4, 0.5) is 5.69 Å². The monoisotopic (exact) mass is 247 g/mol. The number of Topliss-reactive ketones (excluding diaryl/α,β-unsaturated/α-hetero) is 1. The molecule has 2 N–H and O–H groups in total. The summed E-state index contributed by atoms with van der Waals surface area (Å²) in [7, 11) is 0. The molecule has 18 heavy (non-hydrogen) atoms. The summed E-state index contributed by atoms with van der Waals surface area (Å²) in [5.41, 5.74) is 8.23. The van der Waals surface area contributed by atoms with Gasteiger partial charge in [0.15, 0.2) is 5.78 Å². The molecule has 0 unspecified atom stereocenters. The Morgan fingerprint density at radius 2 is 1.78 bits per heavy atom. The molecule has 0 bridgehead atoms. The van der Waals surface area contributed by atoms with Crippen molar-refractivity contribution in [1.82, 2.24) is 0 Å². The maximum atomic E-state index is 12.0. The summed E-state index contributed by atoms with van der Waals surface area (Å²) >= 11 is 0. The van der Waals surface area contributed by atoms with E-state index in [4.69, 9.17) is 5.73 Å². The third-order valence-electron chi connectivity index (χ3n) is 3.31. The molecule has 100 valence electrons. The number of hydrogen-bond donors (Lipinski definition) is 1. The van der Waals surface area contributed by atoms with Gasteiger partial charge in [-0.3, -0.25) is 4.79 Å². The van der Waals surface area contributed by atoms with Gasteiger partial charge in [-0.1, -0.05) is 39.0 Å². The number of carbonyl (C=O) groups excluding carboxylic acids is 1. The Morgan fingerprint density at radius 1 is 1.11 bits per heavy atom. The first-order chi connectivity index (χ1) is 8.65. The molecule has 0 spiro atoms. The molecule has 2 nitrogen and oxygen atoms in total. The molecular weight excluding hydrogens is 222 g/mol. The summed E-state index contributed by atoms with van der Waals surface area (Å²) in [5, 5.41) is 0. The average Bonchev–Trinajstić information content (AvgIpc) is 2.33. The maximum absolute atomic E-state index is 12.0. The van der Waals surface area contributed by atoms with Gasteiger partial charge >= 0.3 is 0 Å². The first-order valence-corrected chi connectivity index (χ1v) is 7.04. The van der Waals surface area contributed by atoms with Crippen LogP contribution in [-0.2, 0) is 0 Å². The van der Waals surface area contributed by atoms with Gasteiger partial charge in [-0.2, -0.15) is 0 Å². The minimum Gasteiger partial charge on any atom is -0.399 e. The number of hydrogen-bond acceptors (Lipinski definition) is 2. The van der Waals surface area contributed by atoms with Gasteiger partial charge in [-0.25, -0.2) is 0 Å². The van der Waals surface area contributed by atoms with Crippen molar-refractivity contribution in [2.24, 2.45) is 0 Å². The molecule has 0 aliphatic carbocycles. The lowest BCUT2D eigenvalue weighted by Crippen LogP contribution is -2.02. The molecule has 0 saturated carbocycles. The third-order valence-corrected chi connectivity index (χ3v) is 3.31. The summed E-state index contributed by atoms with van der Waals surface area (Å²) in [4.78, 5) is 12.0. The first kappa shape index (κ1) is 14.7. The number of anilines is 1. The predicted octanol–water partition coefficient (Wildman–Crippen LogP) is 4.51. The largest absolute Gasteiger partial charge is 0.399 e. The van der Waals surface area contributed by atoms with Gasteiger partial charge in [0.2, 0.25) is 0 Å². The zero-order valence-corrected chi connectivity index (χ0v) is 11.7. The fourth-order valence-electron chi connectivity index (χ4n) is 2.20. The van der Waals surface area contributed by atoms with Gasteiger partial charge in [-0.15, -0.1) is 0 Å². The summed E-state index contributed by atoms with van der Waals surface area (Å²) in [6.07, 6.45) is 7.96. The second-order valence-corrected chi connectivity index (χ2v) is 5.02. The molecule has 1 aromatic carbocycles. The van der Waals surface area contributed by atoms with E-state index in [1.165, 1.54) is 32.1 Å². The minimum atomic E-state index is 0.253. The molecule has 1 rings (SSSR count). The summed E-state index contributed by atoms with van der Waals surface area (Å²) in [6, 6.07) is 5.53. The summed E-state index contributed by atoms with van der Waals surface area (Å²) in [5.74, 6) is 0.253. The summed E-state index contributed by atoms with van der Waals surface area (Å²) in [6.45, 7) is 4.16. The van der Waals surface area contributed by atoms with Crippen LogP contribution in [-0.4, -0.2) is 5.78 Å². The van der Waals surface area contributed by atoms with Gasteiger partial charge in [0.1, 0.15) is 0 Å². The standard InChI is InChI=1S/C16H25NO/c1-3-4-5-6-7-8-9-16(18)15-11-10-14(17)12-13(15)2/h10-12H,3-9,17H2,1-2H3. The van der Waals surface area contributed by atoms with Crippen molar-refractivity contribution in [3.63, 3.8) is 0 Å². The maximum Gasteiger partial charge on any atom is 0.163 e. The Balaban J connectivity index is 2.32. The number of unbranched alkanes of at least 4 members (excludes halogenated alkanes) is 5. The van der Waals surface area contributed by atoms with Crippen LogP contribution in [0, 0.1) is 6.92 Å². The highest BCUT2D eigenvalue weighted by molar-refractivity contribution is 5.97. The van der Waals surface area contributed by atoms with Crippen molar-refractivity contribution in [2.75, 3.05) is 5.73 Å². The Kier molecular flexibility index (Phi) is 6.48. The lowest BCUT2D eigenvalue weighted by molar-refractivity contribution is 0.0978. The molecule has 0 heterocycles. The smallest absolute Gasteiger partial charge is 0.163 e. The number of rotatable bonds is 8. The number of ketones is 1. The SMILES string of the molecule is CCCCCCCCC(=O)c1ccc(N)cc1C. The normalized spacial score (nSPS) is 10.6. The number of nitrogens with two attached hydrogens (primary N) is 1. The quantitative estimate of drug-likeness (QED) is 0.417. The molecule has 0 fully saturated rings. The van der Waals surface area contributed by atoms with E-state index in [1.807, 2.05) is 25.1 Å².